The minimum Gasteiger partial charge on any atom is -0.497 e. The van der Waals surface area contributed by atoms with Gasteiger partial charge in [0.2, 0.25) is 0 Å². The summed E-state index contributed by atoms with van der Waals surface area (Å²) in [6, 6.07) is 5.91. The molecule has 0 atom stereocenters. The van der Waals surface area contributed by atoms with Crippen molar-refractivity contribution in [2.45, 2.75) is 31.7 Å². The van der Waals surface area contributed by atoms with E-state index in [0.29, 0.717) is 23.1 Å². The molecule has 2 fully saturated rings. The molecule has 0 radical (unpaired) electrons. The molecule has 0 aromatic heterocycles. The third kappa shape index (κ3) is 4.54. The van der Waals surface area contributed by atoms with Gasteiger partial charge in [-0.15, -0.1) is 12.4 Å². The average Bonchev–Trinajstić information content (AvgIpc) is 3.43. The Morgan fingerprint density at radius 3 is 2.46 bits per heavy atom. The minimum atomic E-state index is 0. The smallest absolute Gasteiger partial charge is 0.257 e. The lowest BCUT2D eigenvalue weighted by atomic mass is 10.0. The van der Waals surface area contributed by atoms with E-state index in [1.165, 1.54) is 12.8 Å². The summed E-state index contributed by atoms with van der Waals surface area (Å²) < 4.78 is 10.6. The highest BCUT2D eigenvalue weighted by molar-refractivity contribution is 5.97. The number of hydrogen-bond acceptors (Lipinski definition) is 4. The molecular weight excluding hydrogens is 328 g/mol. The monoisotopic (exact) mass is 354 g/mol. The number of amides is 1. The number of methoxy groups -OCH3 is 2. The summed E-state index contributed by atoms with van der Waals surface area (Å²) in [6.45, 7) is 2.73. The fourth-order valence-electron chi connectivity index (χ4n) is 3.09. The van der Waals surface area contributed by atoms with Crippen molar-refractivity contribution < 1.29 is 14.3 Å². The molecule has 134 valence electrons. The lowest BCUT2D eigenvalue weighted by molar-refractivity contribution is 0.0701. The predicted octanol–water partition coefficient (Wildman–Crippen LogP) is 2.73. The number of likely N-dealkylation sites (tertiary alicyclic amines) is 1. The Morgan fingerprint density at radius 1 is 1.17 bits per heavy atom. The zero-order valence-corrected chi connectivity index (χ0v) is 15.2. The fraction of sp³-hybridized carbons (Fsp3) is 0.611. The summed E-state index contributed by atoms with van der Waals surface area (Å²) in [5, 5.41) is 3.64. The summed E-state index contributed by atoms with van der Waals surface area (Å²) in [7, 11) is 3.19. The first-order chi connectivity index (χ1) is 11.2. The van der Waals surface area contributed by atoms with Crippen LogP contribution in [0.5, 0.6) is 11.5 Å². The number of hydrogen-bond donors (Lipinski definition) is 1. The van der Waals surface area contributed by atoms with Crippen LogP contribution in [-0.4, -0.2) is 50.7 Å². The maximum absolute atomic E-state index is 12.8. The van der Waals surface area contributed by atoms with Crippen LogP contribution in [0.25, 0.3) is 0 Å². The summed E-state index contributed by atoms with van der Waals surface area (Å²) in [4.78, 5) is 14.7. The van der Waals surface area contributed by atoms with E-state index in [4.69, 9.17) is 9.47 Å². The molecule has 3 rings (SSSR count). The lowest BCUT2D eigenvalue weighted by Gasteiger charge is -2.33. The highest BCUT2D eigenvalue weighted by Gasteiger charge is 2.27. The van der Waals surface area contributed by atoms with Crippen molar-refractivity contribution >= 4 is 18.3 Å². The number of nitrogens with one attached hydrogen (secondary N) is 1. The first-order valence-electron chi connectivity index (χ1n) is 8.46. The Hall–Kier alpha value is -1.46. The zero-order valence-electron chi connectivity index (χ0n) is 14.4. The predicted molar refractivity (Wildman–Crippen MR) is 96.4 cm³/mol. The van der Waals surface area contributed by atoms with Gasteiger partial charge in [0, 0.05) is 19.1 Å². The molecule has 0 spiro atoms. The molecule has 1 aliphatic heterocycles. The van der Waals surface area contributed by atoms with Crippen molar-refractivity contribution in [3.63, 3.8) is 0 Å². The number of ether oxygens (including phenoxy) is 2. The van der Waals surface area contributed by atoms with Crippen molar-refractivity contribution in [3.05, 3.63) is 23.8 Å². The van der Waals surface area contributed by atoms with Gasteiger partial charge in [-0.05, 0) is 56.3 Å². The van der Waals surface area contributed by atoms with Crippen molar-refractivity contribution in [1.29, 1.82) is 0 Å². The van der Waals surface area contributed by atoms with Crippen LogP contribution in [0, 0.1) is 5.92 Å². The van der Waals surface area contributed by atoms with Crippen LogP contribution in [-0.2, 0) is 0 Å². The first kappa shape index (κ1) is 18.9. The second kappa shape index (κ2) is 8.58. The highest BCUT2D eigenvalue weighted by atomic mass is 35.5. The van der Waals surface area contributed by atoms with Crippen molar-refractivity contribution in [3.8, 4) is 11.5 Å². The largest absolute Gasteiger partial charge is 0.497 e. The summed E-state index contributed by atoms with van der Waals surface area (Å²) in [5.41, 5.74) is 0.580. The van der Waals surface area contributed by atoms with E-state index >= 15 is 0 Å². The van der Waals surface area contributed by atoms with Crippen LogP contribution in [0.3, 0.4) is 0 Å². The zero-order chi connectivity index (χ0) is 16.2. The maximum Gasteiger partial charge on any atom is 0.257 e. The van der Waals surface area contributed by atoms with Crippen LogP contribution >= 0.6 is 12.4 Å². The molecule has 6 heteroatoms. The number of nitrogens with zero attached hydrogens (tertiary/aromatic N) is 1. The number of carbonyl (C=O) groups excluding carboxylic acids is 1. The molecule has 2 aliphatic rings. The topological polar surface area (TPSA) is 50.8 Å². The summed E-state index contributed by atoms with van der Waals surface area (Å²) >= 11 is 0. The molecule has 24 heavy (non-hydrogen) atoms. The Morgan fingerprint density at radius 2 is 1.88 bits per heavy atom. The number of rotatable bonds is 6. The standard InChI is InChI=1S/C18H26N2O3.ClH/c1-22-15-5-6-17(23-2)16(11-15)18(21)20-9-7-14(8-10-20)19-12-13-3-4-13;/h5-6,11,13-14,19H,3-4,7-10,12H2,1-2H3;1H. The van der Waals surface area contributed by atoms with Crippen molar-refractivity contribution in [2.24, 2.45) is 5.92 Å². The highest BCUT2D eigenvalue weighted by Crippen LogP contribution is 2.29. The number of piperidine rings is 1. The van der Waals surface area contributed by atoms with Crippen LogP contribution < -0.4 is 14.8 Å². The van der Waals surface area contributed by atoms with Gasteiger partial charge < -0.3 is 19.7 Å². The summed E-state index contributed by atoms with van der Waals surface area (Å²) in [5.74, 6) is 2.21. The number of halogens is 1. The van der Waals surface area contributed by atoms with E-state index in [-0.39, 0.29) is 18.3 Å². The second-order valence-corrected chi connectivity index (χ2v) is 6.48. The molecule has 1 aliphatic carbocycles. The van der Waals surface area contributed by atoms with Gasteiger partial charge in [-0.3, -0.25) is 4.79 Å². The molecule has 0 unspecified atom stereocenters. The Kier molecular flexibility index (Phi) is 6.75. The van der Waals surface area contributed by atoms with Crippen LogP contribution in [0.1, 0.15) is 36.0 Å². The van der Waals surface area contributed by atoms with Gasteiger partial charge in [-0.2, -0.15) is 0 Å². The molecule has 1 amide bonds. The van der Waals surface area contributed by atoms with Gasteiger partial charge >= 0.3 is 0 Å². The first-order valence-corrected chi connectivity index (χ1v) is 8.46. The lowest BCUT2D eigenvalue weighted by Crippen LogP contribution is -2.45. The molecule has 1 N–H and O–H groups in total. The Balaban J connectivity index is 0.00000208. The van der Waals surface area contributed by atoms with E-state index in [1.54, 1.807) is 26.4 Å². The molecule has 0 bridgehead atoms. The molecular formula is C18H27ClN2O3. The Labute approximate surface area is 150 Å². The van der Waals surface area contributed by atoms with E-state index in [9.17, 15) is 4.79 Å². The van der Waals surface area contributed by atoms with Crippen molar-refractivity contribution in [2.75, 3.05) is 33.9 Å². The van der Waals surface area contributed by atoms with Gasteiger partial charge in [0.15, 0.2) is 0 Å². The third-order valence-electron chi connectivity index (χ3n) is 4.81. The fourth-order valence-corrected chi connectivity index (χ4v) is 3.09. The summed E-state index contributed by atoms with van der Waals surface area (Å²) in [6.07, 6.45) is 4.79. The average molecular weight is 355 g/mol. The van der Waals surface area contributed by atoms with Crippen LogP contribution in [0.15, 0.2) is 18.2 Å². The van der Waals surface area contributed by atoms with Crippen LogP contribution in [0.4, 0.5) is 0 Å². The van der Waals surface area contributed by atoms with E-state index in [0.717, 1.165) is 38.4 Å². The third-order valence-corrected chi connectivity index (χ3v) is 4.81. The van der Waals surface area contributed by atoms with Gasteiger partial charge in [-0.1, -0.05) is 0 Å². The van der Waals surface area contributed by atoms with E-state index in [2.05, 4.69) is 5.32 Å². The SMILES string of the molecule is COc1ccc(OC)c(C(=O)N2CCC(NCC3CC3)CC2)c1.Cl. The molecule has 1 saturated carbocycles. The molecule has 1 heterocycles. The van der Waals surface area contributed by atoms with E-state index in [1.807, 2.05) is 11.0 Å². The number of carbonyl (C=O) groups is 1. The van der Waals surface area contributed by atoms with Gasteiger partial charge in [0.1, 0.15) is 11.5 Å². The van der Waals surface area contributed by atoms with Gasteiger partial charge in [0.25, 0.3) is 5.91 Å². The van der Waals surface area contributed by atoms with Gasteiger partial charge in [-0.25, -0.2) is 0 Å². The van der Waals surface area contributed by atoms with E-state index < -0.39 is 0 Å². The molecule has 1 aromatic carbocycles. The molecule has 1 saturated heterocycles. The number of benzene rings is 1. The molecule has 1 aromatic rings. The minimum absolute atomic E-state index is 0. The van der Waals surface area contributed by atoms with Gasteiger partial charge in [0.05, 0.1) is 19.8 Å². The second-order valence-electron chi connectivity index (χ2n) is 6.48. The normalized spacial score (nSPS) is 18.0. The van der Waals surface area contributed by atoms with Crippen LogP contribution in [0.2, 0.25) is 0 Å². The molecule has 5 nitrogen and oxygen atoms in total. The quantitative estimate of drug-likeness (QED) is 0.853. The Bertz CT molecular complexity index is 555. The van der Waals surface area contributed by atoms with Crippen molar-refractivity contribution in [1.82, 2.24) is 10.2 Å². The maximum atomic E-state index is 12.8.